The van der Waals surface area contributed by atoms with Crippen LogP contribution in [0, 0.1) is 0 Å². The molecule has 2 atom stereocenters. The molecule has 0 spiro atoms. The number of hydrogen-bond acceptors (Lipinski definition) is 4. The third-order valence-electron chi connectivity index (χ3n) is 5.38. The van der Waals surface area contributed by atoms with E-state index in [4.69, 9.17) is 16.3 Å². The Hall–Kier alpha value is -3.38. The number of halogens is 1. The van der Waals surface area contributed by atoms with Gasteiger partial charge in [0.05, 0.1) is 11.7 Å². The van der Waals surface area contributed by atoms with Crippen LogP contribution in [0.5, 0.6) is 5.75 Å². The third kappa shape index (κ3) is 4.54. The number of pyridine rings is 1. The third-order valence-corrected chi connectivity index (χ3v) is 5.73. The number of benzene rings is 2. The maximum absolute atomic E-state index is 13.3. The summed E-state index contributed by atoms with van der Waals surface area (Å²) in [6.07, 6.45) is 2.62. The van der Waals surface area contributed by atoms with E-state index < -0.39 is 12.0 Å². The van der Waals surface area contributed by atoms with Gasteiger partial charge in [0.15, 0.2) is 0 Å². The van der Waals surface area contributed by atoms with E-state index in [1.165, 1.54) is 4.90 Å². The minimum absolute atomic E-state index is 0.315. The van der Waals surface area contributed by atoms with Crippen LogP contribution in [0.25, 0.3) is 0 Å². The number of nitrogens with zero attached hydrogens (tertiary/aromatic N) is 2. The molecule has 0 unspecified atom stereocenters. The van der Waals surface area contributed by atoms with E-state index >= 15 is 0 Å². The highest BCUT2D eigenvalue weighted by Crippen LogP contribution is 2.40. The number of aromatic nitrogens is 1. The van der Waals surface area contributed by atoms with Crippen LogP contribution in [-0.4, -0.2) is 32.9 Å². The highest BCUT2D eigenvalue weighted by Gasteiger charge is 2.42. The Morgan fingerprint density at radius 2 is 1.77 bits per heavy atom. The van der Waals surface area contributed by atoms with Crippen LogP contribution >= 0.6 is 11.6 Å². The van der Waals surface area contributed by atoms with Gasteiger partial charge in [-0.05, 0) is 60.9 Å². The van der Waals surface area contributed by atoms with Crippen molar-refractivity contribution in [3.8, 4) is 5.75 Å². The van der Waals surface area contributed by atoms with Crippen molar-refractivity contribution in [2.75, 3.05) is 0 Å². The van der Waals surface area contributed by atoms with Crippen molar-refractivity contribution in [1.29, 1.82) is 0 Å². The number of amides is 1. The van der Waals surface area contributed by atoms with Crippen LogP contribution in [0.2, 0.25) is 5.02 Å². The van der Waals surface area contributed by atoms with Crippen LogP contribution in [0.3, 0.4) is 0 Å². The molecule has 3 aromatic rings. The Labute approximate surface area is 185 Å². The Kier molecular flexibility index (Phi) is 6.18. The van der Waals surface area contributed by atoms with Crippen LogP contribution in [-0.2, 0) is 11.4 Å². The Morgan fingerprint density at radius 3 is 2.45 bits per heavy atom. The summed E-state index contributed by atoms with van der Waals surface area (Å²) in [5.74, 6) is -0.759. The lowest BCUT2D eigenvalue weighted by molar-refractivity contribution is -0.141. The highest BCUT2D eigenvalue weighted by molar-refractivity contribution is 6.31. The fourth-order valence-corrected chi connectivity index (χ4v) is 4.13. The quantitative estimate of drug-likeness (QED) is 0.603. The first kappa shape index (κ1) is 20.9. The van der Waals surface area contributed by atoms with Gasteiger partial charge in [-0.2, -0.15) is 0 Å². The molecule has 2 aromatic carbocycles. The lowest BCUT2D eigenvalue weighted by Gasteiger charge is -2.29. The number of ether oxygens (including phenoxy) is 1. The second-order valence-electron chi connectivity index (χ2n) is 7.32. The van der Waals surface area contributed by atoms with Gasteiger partial charge in [-0.15, -0.1) is 0 Å². The van der Waals surface area contributed by atoms with Crippen LogP contribution in [0.1, 0.15) is 40.5 Å². The molecule has 0 bridgehead atoms. The van der Waals surface area contributed by atoms with Gasteiger partial charge < -0.3 is 14.7 Å². The minimum atomic E-state index is -1.02. The molecule has 7 heteroatoms. The number of carboxylic acid groups (broad SMARTS) is 1. The molecule has 0 saturated carbocycles. The summed E-state index contributed by atoms with van der Waals surface area (Å²) in [6, 6.07) is 18.3. The zero-order chi connectivity index (χ0) is 21.8. The van der Waals surface area contributed by atoms with E-state index in [0.29, 0.717) is 35.8 Å². The van der Waals surface area contributed by atoms with Crippen molar-refractivity contribution in [2.24, 2.45) is 0 Å². The molecule has 1 fully saturated rings. The molecule has 1 amide bonds. The average molecular weight is 437 g/mol. The first-order chi connectivity index (χ1) is 15.0. The zero-order valence-corrected chi connectivity index (χ0v) is 17.4. The molecule has 0 radical (unpaired) electrons. The monoisotopic (exact) mass is 436 g/mol. The van der Waals surface area contributed by atoms with Crippen LogP contribution < -0.4 is 4.74 Å². The van der Waals surface area contributed by atoms with Crippen LogP contribution in [0.4, 0.5) is 0 Å². The lowest BCUT2D eigenvalue weighted by Crippen LogP contribution is -2.41. The molecular formula is C24H21ClN2O4. The van der Waals surface area contributed by atoms with Gasteiger partial charge in [0.25, 0.3) is 5.91 Å². The van der Waals surface area contributed by atoms with E-state index in [1.54, 1.807) is 36.5 Å². The molecule has 1 aromatic heterocycles. The van der Waals surface area contributed by atoms with Gasteiger partial charge in [-0.3, -0.25) is 9.78 Å². The highest BCUT2D eigenvalue weighted by atomic mass is 35.5. The van der Waals surface area contributed by atoms with Crippen molar-refractivity contribution in [3.63, 3.8) is 0 Å². The molecule has 1 saturated heterocycles. The van der Waals surface area contributed by atoms with Crippen molar-refractivity contribution < 1.29 is 19.4 Å². The number of carbonyl (C=O) groups is 2. The van der Waals surface area contributed by atoms with Crippen LogP contribution in [0.15, 0.2) is 72.9 Å². The van der Waals surface area contributed by atoms with Gasteiger partial charge >= 0.3 is 5.97 Å². The van der Waals surface area contributed by atoms with E-state index in [9.17, 15) is 14.7 Å². The number of likely N-dealkylation sites (tertiary alicyclic amines) is 1. The fourth-order valence-electron chi connectivity index (χ4n) is 3.87. The molecule has 1 N–H and O–H groups in total. The second-order valence-corrected chi connectivity index (χ2v) is 7.72. The summed E-state index contributed by atoms with van der Waals surface area (Å²) in [6.45, 7) is 0.315. The molecule has 1 aliphatic heterocycles. The molecule has 6 nitrogen and oxygen atoms in total. The topological polar surface area (TPSA) is 79.7 Å². The maximum Gasteiger partial charge on any atom is 0.326 e. The smallest absolute Gasteiger partial charge is 0.326 e. The zero-order valence-electron chi connectivity index (χ0n) is 16.6. The number of carboxylic acids is 1. The lowest BCUT2D eigenvalue weighted by atomic mass is 10.0. The summed E-state index contributed by atoms with van der Waals surface area (Å²) in [7, 11) is 0. The van der Waals surface area contributed by atoms with E-state index in [0.717, 1.165) is 11.3 Å². The van der Waals surface area contributed by atoms with Gasteiger partial charge in [0.2, 0.25) is 0 Å². The van der Waals surface area contributed by atoms with E-state index in [1.807, 2.05) is 36.4 Å². The predicted molar refractivity (Wildman–Crippen MR) is 116 cm³/mol. The minimum Gasteiger partial charge on any atom is -0.487 e. The Bertz CT molecular complexity index is 1070. The van der Waals surface area contributed by atoms with Gasteiger partial charge in [0.1, 0.15) is 18.4 Å². The molecule has 2 heterocycles. The largest absolute Gasteiger partial charge is 0.487 e. The number of hydrogen-bond donors (Lipinski definition) is 1. The molecule has 4 rings (SSSR count). The van der Waals surface area contributed by atoms with Crippen molar-refractivity contribution in [1.82, 2.24) is 9.88 Å². The first-order valence-corrected chi connectivity index (χ1v) is 10.3. The summed E-state index contributed by atoms with van der Waals surface area (Å²) in [4.78, 5) is 30.8. The molecular weight excluding hydrogens is 416 g/mol. The summed E-state index contributed by atoms with van der Waals surface area (Å²) < 4.78 is 5.72. The van der Waals surface area contributed by atoms with Crippen molar-refractivity contribution in [2.45, 2.75) is 31.5 Å². The molecule has 0 aliphatic carbocycles. The van der Waals surface area contributed by atoms with E-state index in [2.05, 4.69) is 4.98 Å². The predicted octanol–water partition coefficient (Wildman–Crippen LogP) is 4.74. The van der Waals surface area contributed by atoms with E-state index in [-0.39, 0.29) is 11.9 Å². The normalized spacial score (nSPS) is 18.0. The number of carbonyl (C=O) groups excluding carboxylic acids is 1. The summed E-state index contributed by atoms with van der Waals surface area (Å²) >= 11 is 6.35. The number of aliphatic carboxylic acids is 1. The molecule has 158 valence electrons. The summed E-state index contributed by atoms with van der Waals surface area (Å²) in [5.41, 5.74) is 1.96. The SMILES string of the molecule is O=C(O)[C@@H]1CC[C@H](c2ccccc2Cl)N1C(=O)c1ccc(OCc2ccccn2)cc1. The number of rotatable bonds is 6. The average Bonchev–Trinajstić information content (AvgIpc) is 3.24. The second kappa shape index (κ2) is 9.18. The van der Waals surface area contributed by atoms with Crippen molar-refractivity contribution in [3.05, 3.63) is 94.8 Å². The molecule has 1 aliphatic rings. The van der Waals surface area contributed by atoms with Gasteiger partial charge in [-0.25, -0.2) is 4.79 Å². The fraction of sp³-hybridized carbons (Fsp3) is 0.208. The van der Waals surface area contributed by atoms with Crippen molar-refractivity contribution >= 4 is 23.5 Å². The molecule has 31 heavy (non-hydrogen) atoms. The first-order valence-electron chi connectivity index (χ1n) is 9.97. The van der Waals surface area contributed by atoms with Gasteiger partial charge in [0, 0.05) is 16.8 Å². The Morgan fingerprint density at radius 1 is 1.03 bits per heavy atom. The Balaban J connectivity index is 1.54. The summed E-state index contributed by atoms with van der Waals surface area (Å²) in [5, 5.41) is 10.2. The maximum atomic E-state index is 13.3. The standard InChI is InChI=1S/C24H21ClN2O4/c25-20-7-2-1-6-19(20)21-12-13-22(24(29)30)27(21)23(28)16-8-10-18(11-9-16)31-15-17-5-3-4-14-26-17/h1-11,14,21-22H,12-13,15H2,(H,29,30)/t21-,22+/m1/s1. The van der Waals surface area contributed by atoms with Gasteiger partial charge in [-0.1, -0.05) is 35.9 Å².